The molecule has 0 heterocycles. The normalized spacial score (nSPS) is 22.8. The van der Waals surface area contributed by atoms with E-state index >= 15 is 0 Å². The van der Waals surface area contributed by atoms with Crippen molar-refractivity contribution >= 4 is 14.1 Å². The maximum absolute atomic E-state index is 11.5. The van der Waals surface area contributed by atoms with Crippen molar-refractivity contribution in [2.45, 2.75) is 84.9 Å². The number of allylic oxidation sites excluding steroid dienone is 2. The fraction of sp³-hybridized carbons (Fsp3) is 0.842. The summed E-state index contributed by atoms with van der Waals surface area (Å²) in [4.78, 5) is 11.5. The van der Waals surface area contributed by atoms with E-state index in [9.17, 15) is 4.79 Å². The zero-order valence-corrected chi connectivity index (χ0v) is 16.8. The summed E-state index contributed by atoms with van der Waals surface area (Å²) >= 11 is 0. The minimum Gasteiger partial charge on any atom is -0.417 e. The van der Waals surface area contributed by atoms with Crippen LogP contribution in [0.3, 0.4) is 0 Å². The Bertz CT molecular complexity index is 404. The molecule has 1 unspecified atom stereocenters. The number of hydrogen-bond donors (Lipinski definition) is 0. The third-order valence-corrected chi connectivity index (χ3v) is 9.75. The van der Waals surface area contributed by atoms with Crippen molar-refractivity contribution in [1.82, 2.24) is 0 Å². The van der Waals surface area contributed by atoms with Crippen LogP contribution in [0.25, 0.3) is 0 Å². The quantitative estimate of drug-likeness (QED) is 0.460. The van der Waals surface area contributed by atoms with Gasteiger partial charge in [-0.2, -0.15) is 0 Å². The number of rotatable bonds is 6. The zero-order chi connectivity index (χ0) is 17.0. The second-order valence-corrected chi connectivity index (χ2v) is 13.6. The van der Waals surface area contributed by atoms with Crippen molar-refractivity contribution in [1.29, 1.82) is 0 Å². The molecule has 1 fully saturated rings. The molecule has 0 aromatic heterocycles. The monoisotopic (exact) mass is 324 g/mol. The van der Waals surface area contributed by atoms with Gasteiger partial charge in [0.05, 0.1) is 0 Å². The van der Waals surface area contributed by atoms with Gasteiger partial charge in [0.15, 0.2) is 8.32 Å². The second kappa shape index (κ2) is 7.92. The second-order valence-electron chi connectivity index (χ2n) is 8.79. The average Bonchev–Trinajstić information content (AvgIpc) is 2.35. The molecule has 0 aliphatic heterocycles. The minimum atomic E-state index is -1.63. The molecule has 128 valence electrons. The van der Waals surface area contributed by atoms with E-state index in [2.05, 4.69) is 53.8 Å². The average molecular weight is 325 g/mol. The highest BCUT2D eigenvalue weighted by Gasteiger charge is 2.37. The molecule has 0 aromatic rings. The van der Waals surface area contributed by atoms with Gasteiger partial charge in [-0.25, -0.2) is 0 Å². The fourth-order valence-electron chi connectivity index (χ4n) is 2.85. The Balaban J connectivity index is 2.44. The molecule has 1 rings (SSSR count). The zero-order valence-electron chi connectivity index (χ0n) is 15.8. The Kier molecular flexibility index (Phi) is 7.06. The van der Waals surface area contributed by atoms with Crippen molar-refractivity contribution in [3.63, 3.8) is 0 Å². The van der Waals surface area contributed by atoms with Gasteiger partial charge in [0.1, 0.15) is 5.78 Å². The Morgan fingerprint density at radius 1 is 1.41 bits per heavy atom. The van der Waals surface area contributed by atoms with Crippen molar-refractivity contribution in [3.05, 3.63) is 11.6 Å². The first-order valence-electron chi connectivity index (χ1n) is 8.84. The van der Waals surface area contributed by atoms with Crippen molar-refractivity contribution in [2.24, 2.45) is 11.8 Å². The van der Waals surface area contributed by atoms with Crippen LogP contribution in [-0.2, 0) is 9.22 Å². The molecule has 1 saturated carbocycles. The van der Waals surface area contributed by atoms with Crippen LogP contribution in [0.2, 0.25) is 18.1 Å². The van der Waals surface area contributed by atoms with Crippen LogP contribution in [0, 0.1) is 11.8 Å². The molecule has 0 radical (unpaired) electrons. The molecule has 0 aromatic carbocycles. The molecule has 0 amide bonds. The lowest BCUT2D eigenvalue weighted by Gasteiger charge is -2.37. The molecule has 3 heteroatoms. The van der Waals surface area contributed by atoms with Gasteiger partial charge in [-0.1, -0.05) is 39.3 Å². The number of ketones is 1. The van der Waals surface area contributed by atoms with Crippen molar-refractivity contribution < 1.29 is 9.22 Å². The Hall–Kier alpha value is -0.413. The lowest BCUT2D eigenvalue weighted by atomic mass is 9.86. The van der Waals surface area contributed by atoms with E-state index in [0.29, 0.717) is 17.6 Å². The van der Waals surface area contributed by atoms with Crippen LogP contribution in [0.1, 0.15) is 66.7 Å². The fourth-order valence-corrected chi connectivity index (χ4v) is 3.98. The summed E-state index contributed by atoms with van der Waals surface area (Å²) < 4.78 is 6.32. The van der Waals surface area contributed by atoms with E-state index in [0.717, 1.165) is 32.3 Å². The summed E-state index contributed by atoms with van der Waals surface area (Å²) in [6, 6.07) is 0. The van der Waals surface area contributed by atoms with Gasteiger partial charge in [0.2, 0.25) is 0 Å². The van der Waals surface area contributed by atoms with Gasteiger partial charge in [-0.05, 0) is 56.2 Å². The smallest absolute Gasteiger partial charge is 0.191 e. The van der Waals surface area contributed by atoms with Crippen LogP contribution < -0.4 is 0 Å². The summed E-state index contributed by atoms with van der Waals surface area (Å²) in [5, 5.41) is 0.278. The van der Waals surface area contributed by atoms with E-state index in [-0.39, 0.29) is 5.04 Å². The van der Waals surface area contributed by atoms with Gasteiger partial charge in [-0.3, -0.25) is 4.79 Å². The number of hydrogen-bond acceptors (Lipinski definition) is 2. The number of carbonyl (C=O) groups excluding carboxylic acids is 1. The molecule has 1 aliphatic rings. The van der Waals surface area contributed by atoms with E-state index in [1.807, 2.05) is 0 Å². The summed E-state index contributed by atoms with van der Waals surface area (Å²) in [5.74, 6) is 1.47. The molecule has 22 heavy (non-hydrogen) atoms. The van der Waals surface area contributed by atoms with Crippen LogP contribution >= 0.6 is 0 Å². The Morgan fingerprint density at radius 2 is 2.05 bits per heavy atom. The molecule has 0 N–H and O–H groups in total. The molecular formula is C19H36O2Si. The third-order valence-electron chi connectivity index (χ3n) is 5.25. The first-order chi connectivity index (χ1) is 10.0. The van der Waals surface area contributed by atoms with Gasteiger partial charge >= 0.3 is 0 Å². The first kappa shape index (κ1) is 19.6. The van der Waals surface area contributed by atoms with Gasteiger partial charge in [-0.15, -0.1) is 0 Å². The highest BCUT2D eigenvalue weighted by Crippen LogP contribution is 2.37. The maximum Gasteiger partial charge on any atom is 0.191 e. The molecule has 0 saturated heterocycles. The van der Waals surface area contributed by atoms with Crippen LogP contribution in [0.15, 0.2) is 11.6 Å². The van der Waals surface area contributed by atoms with Crippen LogP contribution in [0.4, 0.5) is 0 Å². The summed E-state index contributed by atoms with van der Waals surface area (Å²) in [6.07, 6.45) is 7.22. The molecule has 2 atom stereocenters. The number of carbonyl (C=O) groups is 1. The first-order valence-corrected chi connectivity index (χ1v) is 11.7. The van der Waals surface area contributed by atoms with Crippen molar-refractivity contribution in [3.8, 4) is 0 Å². The predicted octanol–water partition coefficient (Wildman–Crippen LogP) is 5.74. The van der Waals surface area contributed by atoms with Gasteiger partial charge < -0.3 is 4.43 Å². The summed E-state index contributed by atoms with van der Waals surface area (Å²) in [5.41, 5.74) is 1.42. The van der Waals surface area contributed by atoms with Crippen molar-refractivity contribution in [2.75, 3.05) is 6.61 Å². The topological polar surface area (TPSA) is 26.3 Å². The lowest BCUT2D eigenvalue weighted by molar-refractivity contribution is -0.121. The predicted molar refractivity (Wildman–Crippen MR) is 97.7 cm³/mol. The Morgan fingerprint density at radius 3 is 2.59 bits per heavy atom. The Labute approximate surface area is 138 Å². The highest BCUT2D eigenvalue weighted by molar-refractivity contribution is 6.74. The standard InChI is InChI=1S/C19H36O2Si/c1-15(12-17-9-8-10-18(20)13-17)11-16(2)14-21-22(6,7)19(3,4)5/h12,16-17H,8-11,13-14H2,1-7H3/b15-12+/t16-,17?/m0/s1. The van der Waals surface area contributed by atoms with E-state index in [1.165, 1.54) is 12.0 Å². The molecule has 0 bridgehead atoms. The minimum absolute atomic E-state index is 0.278. The van der Waals surface area contributed by atoms with Gasteiger partial charge in [0.25, 0.3) is 0 Å². The van der Waals surface area contributed by atoms with Crippen LogP contribution in [-0.4, -0.2) is 20.7 Å². The van der Waals surface area contributed by atoms with Crippen LogP contribution in [0.5, 0.6) is 0 Å². The highest BCUT2D eigenvalue weighted by atomic mass is 28.4. The molecule has 0 spiro atoms. The molecular weight excluding hydrogens is 288 g/mol. The third kappa shape index (κ3) is 6.37. The summed E-state index contributed by atoms with van der Waals surface area (Å²) in [6.45, 7) is 16.8. The number of Topliss-reactive ketones (excluding diaryl/α,β-unsaturated/α-hetero) is 1. The maximum atomic E-state index is 11.5. The largest absolute Gasteiger partial charge is 0.417 e. The SMILES string of the molecule is C/C(=C\C1CCCC(=O)C1)C[C@H](C)CO[Si](C)(C)C(C)(C)C. The van der Waals surface area contributed by atoms with E-state index in [1.54, 1.807) is 0 Å². The van der Waals surface area contributed by atoms with E-state index in [4.69, 9.17) is 4.43 Å². The van der Waals surface area contributed by atoms with E-state index < -0.39 is 8.32 Å². The molecule has 2 nitrogen and oxygen atoms in total. The van der Waals surface area contributed by atoms with Gasteiger partial charge in [0, 0.05) is 19.4 Å². The molecule has 1 aliphatic carbocycles. The lowest BCUT2D eigenvalue weighted by Crippen LogP contribution is -2.41. The summed E-state index contributed by atoms with van der Waals surface area (Å²) in [7, 11) is -1.63.